The van der Waals surface area contributed by atoms with Crippen LogP contribution >= 0.6 is 0 Å². The molecule has 1 N–H and O–H groups in total. The van der Waals surface area contributed by atoms with Crippen LogP contribution in [0.4, 0.5) is 4.79 Å². The van der Waals surface area contributed by atoms with Crippen LogP contribution in [0, 0.1) is 6.92 Å². The number of nitrogens with one attached hydrogen (secondary N) is 1. The first-order valence-electron chi connectivity index (χ1n) is 6.32. The van der Waals surface area contributed by atoms with Crippen LogP contribution in [0.1, 0.15) is 24.0 Å². The van der Waals surface area contributed by atoms with Gasteiger partial charge in [0.1, 0.15) is 6.61 Å². The van der Waals surface area contributed by atoms with Gasteiger partial charge in [0.2, 0.25) is 0 Å². The van der Waals surface area contributed by atoms with Gasteiger partial charge in [-0.1, -0.05) is 29.8 Å². The standard InChI is InChI=1S/C14H19NO3/c1-11-4-6-12(7-5-11)10-18-14(16)15-9-13-3-2-8-17-13/h4-7,13H,2-3,8-10H2,1H3,(H,15,16). The first-order valence-corrected chi connectivity index (χ1v) is 6.32. The van der Waals surface area contributed by atoms with Crippen LogP contribution < -0.4 is 5.32 Å². The third-order valence-corrected chi connectivity index (χ3v) is 2.99. The van der Waals surface area contributed by atoms with Crippen molar-refractivity contribution in [3.8, 4) is 0 Å². The fraction of sp³-hybridized carbons (Fsp3) is 0.500. The second-order valence-electron chi connectivity index (χ2n) is 4.58. The Bertz CT molecular complexity index is 383. The van der Waals surface area contributed by atoms with Crippen LogP contribution in [0.25, 0.3) is 0 Å². The summed E-state index contributed by atoms with van der Waals surface area (Å²) in [6, 6.07) is 7.93. The molecule has 1 aromatic carbocycles. The van der Waals surface area contributed by atoms with E-state index in [2.05, 4.69) is 5.32 Å². The minimum Gasteiger partial charge on any atom is -0.445 e. The van der Waals surface area contributed by atoms with Crippen molar-refractivity contribution in [3.63, 3.8) is 0 Å². The van der Waals surface area contributed by atoms with Crippen molar-refractivity contribution in [3.05, 3.63) is 35.4 Å². The van der Waals surface area contributed by atoms with Crippen molar-refractivity contribution in [2.75, 3.05) is 13.2 Å². The third kappa shape index (κ3) is 4.04. The monoisotopic (exact) mass is 249 g/mol. The molecule has 1 saturated heterocycles. The molecule has 0 bridgehead atoms. The van der Waals surface area contributed by atoms with Gasteiger partial charge in [-0.15, -0.1) is 0 Å². The highest BCUT2D eigenvalue weighted by Crippen LogP contribution is 2.10. The Kier molecular flexibility index (Phi) is 4.59. The SMILES string of the molecule is Cc1ccc(COC(=O)NCC2CCCO2)cc1. The largest absolute Gasteiger partial charge is 0.445 e. The predicted octanol–water partition coefficient (Wildman–Crippen LogP) is 2.40. The van der Waals surface area contributed by atoms with E-state index in [0.717, 1.165) is 25.0 Å². The molecule has 1 fully saturated rings. The summed E-state index contributed by atoms with van der Waals surface area (Å²) in [7, 11) is 0. The van der Waals surface area contributed by atoms with Crippen LogP contribution in [-0.4, -0.2) is 25.3 Å². The van der Waals surface area contributed by atoms with Gasteiger partial charge in [0.15, 0.2) is 0 Å². The average molecular weight is 249 g/mol. The number of hydrogen-bond donors (Lipinski definition) is 1. The quantitative estimate of drug-likeness (QED) is 0.891. The normalized spacial score (nSPS) is 18.6. The minimum atomic E-state index is -0.383. The highest BCUT2D eigenvalue weighted by atomic mass is 16.5. The Morgan fingerprint density at radius 3 is 2.89 bits per heavy atom. The van der Waals surface area contributed by atoms with Gasteiger partial charge in [0, 0.05) is 13.2 Å². The first-order chi connectivity index (χ1) is 8.74. The van der Waals surface area contributed by atoms with Crippen molar-refractivity contribution in [1.29, 1.82) is 0 Å². The molecule has 1 aliphatic heterocycles. The fourth-order valence-corrected chi connectivity index (χ4v) is 1.89. The van der Waals surface area contributed by atoms with Gasteiger partial charge >= 0.3 is 6.09 Å². The Labute approximate surface area is 107 Å². The van der Waals surface area contributed by atoms with E-state index in [-0.39, 0.29) is 12.2 Å². The lowest BCUT2D eigenvalue weighted by Crippen LogP contribution is -2.32. The summed E-state index contributed by atoms with van der Waals surface area (Å²) < 4.78 is 10.5. The summed E-state index contributed by atoms with van der Waals surface area (Å²) >= 11 is 0. The molecule has 0 radical (unpaired) electrons. The smallest absolute Gasteiger partial charge is 0.407 e. The predicted molar refractivity (Wildman–Crippen MR) is 68.3 cm³/mol. The van der Waals surface area contributed by atoms with Gasteiger partial charge in [-0.25, -0.2) is 4.79 Å². The number of benzene rings is 1. The zero-order chi connectivity index (χ0) is 12.8. The Morgan fingerprint density at radius 2 is 2.22 bits per heavy atom. The summed E-state index contributed by atoms with van der Waals surface area (Å²) in [4.78, 5) is 11.5. The maximum atomic E-state index is 11.5. The van der Waals surface area contributed by atoms with Crippen LogP contribution in [-0.2, 0) is 16.1 Å². The summed E-state index contributed by atoms with van der Waals surface area (Å²) in [5, 5.41) is 2.72. The molecule has 2 rings (SSSR count). The van der Waals surface area contributed by atoms with E-state index in [9.17, 15) is 4.79 Å². The lowest BCUT2D eigenvalue weighted by molar-refractivity contribution is 0.0997. The van der Waals surface area contributed by atoms with E-state index in [1.54, 1.807) is 0 Å². The molecule has 4 nitrogen and oxygen atoms in total. The molecule has 0 spiro atoms. The summed E-state index contributed by atoms with van der Waals surface area (Å²) in [5.41, 5.74) is 2.19. The number of carbonyl (C=O) groups is 1. The number of ether oxygens (including phenoxy) is 2. The van der Waals surface area contributed by atoms with E-state index < -0.39 is 0 Å². The molecule has 0 aromatic heterocycles. The van der Waals surface area contributed by atoms with E-state index in [0.29, 0.717) is 13.2 Å². The van der Waals surface area contributed by atoms with E-state index in [1.807, 2.05) is 31.2 Å². The van der Waals surface area contributed by atoms with Crippen molar-refractivity contribution in [2.45, 2.75) is 32.5 Å². The van der Waals surface area contributed by atoms with Gasteiger partial charge in [-0.2, -0.15) is 0 Å². The van der Waals surface area contributed by atoms with Crippen molar-refractivity contribution < 1.29 is 14.3 Å². The van der Waals surface area contributed by atoms with Gasteiger partial charge in [-0.05, 0) is 25.3 Å². The molecular formula is C14H19NO3. The maximum Gasteiger partial charge on any atom is 0.407 e. The lowest BCUT2D eigenvalue weighted by Gasteiger charge is -2.11. The molecule has 4 heteroatoms. The highest BCUT2D eigenvalue weighted by Gasteiger charge is 2.16. The molecule has 98 valence electrons. The van der Waals surface area contributed by atoms with Crippen LogP contribution in [0.2, 0.25) is 0 Å². The van der Waals surface area contributed by atoms with Crippen LogP contribution in [0.3, 0.4) is 0 Å². The van der Waals surface area contributed by atoms with Crippen LogP contribution in [0.5, 0.6) is 0 Å². The molecule has 1 aliphatic rings. The summed E-state index contributed by atoms with van der Waals surface area (Å²) in [6.07, 6.45) is 1.85. The number of alkyl carbamates (subject to hydrolysis) is 1. The lowest BCUT2D eigenvalue weighted by atomic mass is 10.2. The molecule has 1 atom stereocenters. The fourth-order valence-electron chi connectivity index (χ4n) is 1.89. The summed E-state index contributed by atoms with van der Waals surface area (Å²) in [5.74, 6) is 0. The Balaban J connectivity index is 1.66. The summed E-state index contributed by atoms with van der Waals surface area (Å²) in [6.45, 7) is 3.66. The van der Waals surface area contributed by atoms with Crippen molar-refractivity contribution in [2.24, 2.45) is 0 Å². The molecule has 1 unspecified atom stereocenters. The molecule has 1 heterocycles. The number of aryl methyl sites for hydroxylation is 1. The molecule has 1 aromatic rings. The zero-order valence-corrected chi connectivity index (χ0v) is 10.6. The molecular weight excluding hydrogens is 230 g/mol. The van der Waals surface area contributed by atoms with Gasteiger partial charge in [0.05, 0.1) is 6.10 Å². The number of rotatable bonds is 4. The average Bonchev–Trinajstić information content (AvgIpc) is 2.89. The number of carbonyl (C=O) groups excluding carboxylic acids is 1. The maximum absolute atomic E-state index is 11.5. The van der Waals surface area contributed by atoms with E-state index in [4.69, 9.17) is 9.47 Å². The highest BCUT2D eigenvalue weighted by molar-refractivity contribution is 5.67. The molecule has 0 saturated carbocycles. The van der Waals surface area contributed by atoms with Crippen molar-refractivity contribution >= 4 is 6.09 Å². The van der Waals surface area contributed by atoms with Crippen molar-refractivity contribution in [1.82, 2.24) is 5.32 Å². The second-order valence-corrected chi connectivity index (χ2v) is 4.58. The van der Waals surface area contributed by atoms with Crippen LogP contribution in [0.15, 0.2) is 24.3 Å². The molecule has 18 heavy (non-hydrogen) atoms. The zero-order valence-electron chi connectivity index (χ0n) is 10.6. The van der Waals surface area contributed by atoms with Gasteiger partial charge in [-0.3, -0.25) is 0 Å². The minimum absolute atomic E-state index is 0.150. The van der Waals surface area contributed by atoms with E-state index >= 15 is 0 Å². The van der Waals surface area contributed by atoms with E-state index in [1.165, 1.54) is 5.56 Å². The Morgan fingerprint density at radius 1 is 1.44 bits per heavy atom. The number of hydrogen-bond acceptors (Lipinski definition) is 3. The first kappa shape index (κ1) is 12.9. The molecule has 0 aliphatic carbocycles. The number of amides is 1. The Hall–Kier alpha value is -1.55. The third-order valence-electron chi connectivity index (χ3n) is 2.99. The topological polar surface area (TPSA) is 47.6 Å². The van der Waals surface area contributed by atoms with Gasteiger partial charge in [0.25, 0.3) is 0 Å². The van der Waals surface area contributed by atoms with Gasteiger partial charge < -0.3 is 14.8 Å². The molecule has 1 amide bonds. The second kappa shape index (κ2) is 6.40.